The van der Waals surface area contributed by atoms with E-state index in [4.69, 9.17) is 10.5 Å². The molecule has 1 atom stereocenters. The number of hydrogen-bond acceptors (Lipinski definition) is 6. The molecule has 7 heteroatoms. The highest BCUT2D eigenvalue weighted by Crippen LogP contribution is 2.29. The number of anilines is 2. The van der Waals surface area contributed by atoms with Crippen molar-refractivity contribution in [2.24, 2.45) is 5.92 Å². The molecule has 1 aromatic heterocycles. The van der Waals surface area contributed by atoms with Crippen LogP contribution >= 0.6 is 11.5 Å². The topological polar surface area (TPSA) is 89.3 Å². The first-order valence-corrected chi connectivity index (χ1v) is 7.89. The van der Waals surface area contributed by atoms with Crippen LogP contribution in [0.1, 0.15) is 36.0 Å². The number of rotatable bonds is 5. The lowest BCUT2D eigenvalue weighted by molar-refractivity contribution is 0.0595. The van der Waals surface area contributed by atoms with Crippen LogP contribution in [-0.4, -0.2) is 36.1 Å². The van der Waals surface area contributed by atoms with Gasteiger partial charge in [0.05, 0.1) is 6.61 Å². The lowest BCUT2D eigenvalue weighted by Crippen LogP contribution is -2.28. The summed E-state index contributed by atoms with van der Waals surface area (Å²) >= 11 is 1.25. The molecular weight excluding hydrogens is 276 g/mol. The molecule has 3 rings (SSSR count). The average Bonchev–Trinajstić information content (AvgIpc) is 3.19. The molecule has 1 saturated carbocycles. The molecule has 20 heavy (non-hydrogen) atoms. The summed E-state index contributed by atoms with van der Waals surface area (Å²) in [7, 11) is 0. The van der Waals surface area contributed by atoms with Gasteiger partial charge in [0, 0.05) is 19.2 Å². The number of nitrogens with one attached hydrogen (secondary N) is 2. The first-order valence-electron chi connectivity index (χ1n) is 7.11. The second-order valence-electron chi connectivity index (χ2n) is 5.48. The Labute approximate surface area is 122 Å². The summed E-state index contributed by atoms with van der Waals surface area (Å²) in [4.78, 5) is 12.2. The van der Waals surface area contributed by atoms with Gasteiger partial charge in [-0.05, 0) is 43.1 Å². The van der Waals surface area contributed by atoms with Gasteiger partial charge in [0.25, 0.3) is 5.91 Å². The van der Waals surface area contributed by atoms with Gasteiger partial charge in [-0.3, -0.25) is 4.79 Å². The predicted octanol–water partition coefficient (Wildman–Crippen LogP) is 1.46. The standard InChI is InChI=1S/C13H20N4O2S/c14-11-10(12(18)16-9-3-4-9)13(20-17-11)15-6-8-2-1-5-19-7-8/h8-9,15H,1-7H2,(H2,14,17)(H,16,18). The van der Waals surface area contributed by atoms with Gasteiger partial charge in [-0.25, -0.2) is 0 Å². The molecular formula is C13H20N4O2S. The van der Waals surface area contributed by atoms with Crippen molar-refractivity contribution in [1.82, 2.24) is 9.69 Å². The lowest BCUT2D eigenvalue weighted by Gasteiger charge is -2.22. The van der Waals surface area contributed by atoms with E-state index in [2.05, 4.69) is 15.0 Å². The zero-order chi connectivity index (χ0) is 13.9. The maximum Gasteiger partial charge on any atom is 0.258 e. The third-order valence-electron chi connectivity index (χ3n) is 3.66. The summed E-state index contributed by atoms with van der Waals surface area (Å²) in [6, 6.07) is 0.321. The molecule has 6 nitrogen and oxygen atoms in total. The fourth-order valence-corrected chi connectivity index (χ4v) is 3.05. The molecule has 1 aliphatic carbocycles. The van der Waals surface area contributed by atoms with Gasteiger partial charge in [-0.15, -0.1) is 0 Å². The van der Waals surface area contributed by atoms with Gasteiger partial charge in [0.2, 0.25) is 0 Å². The van der Waals surface area contributed by atoms with Crippen molar-refractivity contribution in [2.45, 2.75) is 31.7 Å². The van der Waals surface area contributed by atoms with Crippen LogP contribution in [0.3, 0.4) is 0 Å². The smallest absolute Gasteiger partial charge is 0.258 e. The molecule has 4 N–H and O–H groups in total. The Morgan fingerprint density at radius 3 is 3.00 bits per heavy atom. The minimum atomic E-state index is -0.110. The molecule has 2 heterocycles. The highest BCUT2D eigenvalue weighted by atomic mass is 32.1. The molecule has 0 bridgehead atoms. The second-order valence-corrected chi connectivity index (χ2v) is 6.26. The zero-order valence-corrected chi connectivity index (χ0v) is 12.2. The minimum Gasteiger partial charge on any atom is -0.382 e. The molecule has 1 aromatic rings. The molecule has 1 saturated heterocycles. The van der Waals surface area contributed by atoms with Gasteiger partial charge in [-0.2, -0.15) is 4.37 Å². The Balaban J connectivity index is 1.61. The van der Waals surface area contributed by atoms with Crippen LogP contribution in [-0.2, 0) is 4.74 Å². The molecule has 2 aliphatic rings. The summed E-state index contributed by atoms with van der Waals surface area (Å²) in [5.41, 5.74) is 6.32. The van der Waals surface area contributed by atoms with Crippen molar-refractivity contribution in [3.05, 3.63) is 5.56 Å². The zero-order valence-electron chi connectivity index (χ0n) is 11.4. The Morgan fingerprint density at radius 1 is 1.45 bits per heavy atom. The van der Waals surface area contributed by atoms with Gasteiger partial charge >= 0.3 is 0 Å². The molecule has 1 aliphatic heterocycles. The van der Waals surface area contributed by atoms with Crippen LogP contribution < -0.4 is 16.4 Å². The number of amides is 1. The number of nitrogen functional groups attached to an aromatic ring is 1. The van der Waals surface area contributed by atoms with E-state index in [-0.39, 0.29) is 5.91 Å². The van der Waals surface area contributed by atoms with Crippen LogP contribution in [0.15, 0.2) is 0 Å². The molecule has 0 aromatic carbocycles. The third-order valence-corrected chi connectivity index (χ3v) is 4.48. The number of carbonyl (C=O) groups excluding carboxylic acids is 1. The molecule has 1 amide bonds. The molecule has 0 radical (unpaired) electrons. The van der Waals surface area contributed by atoms with Crippen LogP contribution in [0.4, 0.5) is 10.8 Å². The first-order chi connectivity index (χ1) is 9.74. The van der Waals surface area contributed by atoms with E-state index in [0.29, 0.717) is 23.3 Å². The largest absolute Gasteiger partial charge is 0.382 e. The van der Waals surface area contributed by atoms with Gasteiger partial charge in [0.15, 0.2) is 5.82 Å². The fraction of sp³-hybridized carbons (Fsp3) is 0.692. The predicted molar refractivity (Wildman–Crippen MR) is 79.0 cm³/mol. The number of ether oxygens (including phenoxy) is 1. The number of carbonyl (C=O) groups is 1. The van der Waals surface area contributed by atoms with E-state index in [1.807, 2.05) is 0 Å². The highest BCUT2D eigenvalue weighted by Gasteiger charge is 2.27. The van der Waals surface area contributed by atoms with Crippen molar-refractivity contribution in [3.8, 4) is 0 Å². The van der Waals surface area contributed by atoms with Crippen molar-refractivity contribution in [2.75, 3.05) is 30.8 Å². The Hall–Kier alpha value is -1.34. The van der Waals surface area contributed by atoms with Crippen LogP contribution in [0.5, 0.6) is 0 Å². The second kappa shape index (κ2) is 5.97. The summed E-state index contributed by atoms with van der Waals surface area (Å²) in [6.45, 7) is 2.44. The van der Waals surface area contributed by atoms with E-state index in [0.717, 1.165) is 50.4 Å². The fourth-order valence-electron chi connectivity index (χ4n) is 2.33. The van der Waals surface area contributed by atoms with Gasteiger partial charge < -0.3 is 21.1 Å². The Kier molecular flexibility index (Phi) is 4.07. The normalized spacial score (nSPS) is 22.5. The van der Waals surface area contributed by atoms with E-state index >= 15 is 0 Å². The quantitative estimate of drug-likeness (QED) is 0.765. The summed E-state index contributed by atoms with van der Waals surface area (Å²) in [5, 5.41) is 7.04. The van der Waals surface area contributed by atoms with Gasteiger partial charge in [0.1, 0.15) is 10.6 Å². The minimum absolute atomic E-state index is 0.110. The molecule has 1 unspecified atom stereocenters. The summed E-state index contributed by atoms with van der Waals surface area (Å²) < 4.78 is 9.55. The van der Waals surface area contributed by atoms with Gasteiger partial charge in [-0.1, -0.05) is 0 Å². The number of nitrogens with two attached hydrogens (primary N) is 1. The molecule has 2 fully saturated rings. The lowest BCUT2D eigenvalue weighted by atomic mass is 10.0. The highest BCUT2D eigenvalue weighted by molar-refractivity contribution is 7.11. The monoisotopic (exact) mass is 296 g/mol. The number of hydrogen-bond donors (Lipinski definition) is 3. The maximum atomic E-state index is 12.2. The molecule has 0 spiro atoms. The average molecular weight is 296 g/mol. The summed E-state index contributed by atoms with van der Waals surface area (Å²) in [6.07, 6.45) is 4.38. The van der Waals surface area contributed by atoms with E-state index in [9.17, 15) is 4.79 Å². The molecule has 110 valence electrons. The number of aromatic nitrogens is 1. The van der Waals surface area contributed by atoms with Crippen molar-refractivity contribution >= 4 is 28.3 Å². The van der Waals surface area contributed by atoms with E-state index in [1.54, 1.807) is 0 Å². The Morgan fingerprint density at radius 2 is 2.30 bits per heavy atom. The number of nitrogens with zero attached hydrogens (tertiary/aromatic N) is 1. The third kappa shape index (κ3) is 3.21. The van der Waals surface area contributed by atoms with E-state index < -0.39 is 0 Å². The Bertz CT molecular complexity index is 481. The van der Waals surface area contributed by atoms with Crippen molar-refractivity contribution in [1.29, 1.82) is 0 Å². The summed E-state index contributed by atoms with van der Waals surface area (Å²) in [5.74, 6) is 0.697. The van der Waals surface area contributed by atoms with Crippen LogP contribution in [0.25, 0.3) is 0 Å². The first kappa shape index (κ1) is 13.6. The van der Waals surface area contributed by atoms with Crippen molar-refractivity contribution < 1.29 is 9.53 Å². The van der Waals surface area contributed by atoms with Crippen molar-refractivity contribution in [3.63, 3.8) is 0 Å². The maximum absolute atomic E-state index is 12.2. The SMILES string of the molecule is Nc1nsc(NCC2CCCOC2)c1C(=O)NC1CC1. The van der Waals surface area contributed by atoms with Crippen LogP contribution in [0.2, 0.25) is 0 Å². The van der Waals surface area contributed by atoms with Crippen LogP contribution in [0, 0.1) is 5.92 Å². The van der Waals surface area contributed by atoms with E-state index in [1.165, 1.54) is 11.5 Å².